The molecule has 0 radical (unpaired) electrons. The first-order valence-corrected chi connectivity index (χ1v) is 9.79. The SMILES string of the molecule is CCC(CC)N1C2(C(=O)NC(=O)C2C(=O)OC)c2ccccc2S1(=O)=O. The Morgan fingerprint density at radius 2 is 1.88 bits per heavy atom. The molecule has 1 N–H and O–H groups in total. The molecule has 2 amide bonds. The second kappa shape index (κ2) is 6.17. The molecule has 3 rings (SSSR count). The fourth-order valence-electron chi connectivity index (χ4n) is 4.03. The molecule has 0 aliphatic carbocycles. The van der Waals surface area contributed by atoms with Gasteiger partial charge in [-0.25, -0.2) is 8.42 Å². The van der Waals surface area contributed by atoms with Gasteiger partial charge < -0.3 is 4.74 Å². The number of imide groups is 1. The highest BCUT2D eigenvalue weighted by Gasteiger charge is 2.71. The molecule has 2 aliphatic rings. The van der Waals surface area contributed by atoms with E-state index in [1.807, 2.05) is 0 Å². The van der Waals surface area contributed by atoms with Crippen LogP contribution in [0.2, 0.25) is 0 Å². The molecule has 2 heterocycles. The molecule has 1 aromatic carbocycles. The second-order valence-corrected chi connectivity index (χ2v) is 8.09. The largest absolute Gasteiger partial charge is 0.468 e. The Kier molecular flexibility index (Phi) is 4.40. The molecule has 0 saturated carbocycles. The summed E-state index contributed by atoms with van der Waals surface area (Å²) in [5.74, 6) is -4.22. The number of fused-ring (bicyclic) bond motifs is 2. The van der Waals surface area contributed by atoms with E-state index in [1.54, 1.807) is 26.0 Å². The molecule has 8 nitrogen and oxygen atoms in total. The van der Waals surface area contributed by atoms with Crippen LogP contribution in [0.1, 0.15) is 32.3 Å². The zero-order valence-corrected chi connectivity index (χ0v) is 15.5. The molecular weight excluding hydrogens is 360 g/mol. The number of ether oxygens (including phenoxy) is 1. The maximum Gasteiger partial charge on any atom is 0.321 e. The van der Waals surface area contributed by atoms with Crippen LogP contribution in [0.25, 0.3) is 0 Å². The Labute approximate surface area is 151 Å². The van der Waals surface area contributed by atoms with E-state index in [2.05, 4.69) is 5.32 Å². The fraction of sp³-hybridized carbons (Fsp3) is 0.471. The Bertz CT molecular complexity index is 892. The summed E-state index contributed by atoms with van der Waals surface area (Å²) in [7, 11) is -2.98. The van der Waals surface area contributed by atoms with Crippen molar-refractivity contribution >= 4 is 27.8 Å². The number of carbonyl (C=O) groups excluding carboxylic acids is 3. The average Bonchev–Trinajstić information content (AvgIpc) is 2.99. The number of methoxy groups -OCH3 is 1. The first-order valence-electron chi connectivity index (χ1n) is 8.35. The summed E-state index contributed by atoms with van der Waals surface area (Å²) in [5.41, 5.74) is -1.83. The van der Waals surface area contributed by atoms with Crippen LogP contribution < -0.4 is 5.32 Å². The number of sulfonamides is 1. The highest BCUT2D eigenvalue weighted by molar-refractivity contribution is 7.89. The first kappa shape index (κ1) is 18.5. The molecule has 140 valence electrons. The molecule has 1 spiro atoms. The van der Waals surface area contributed by atoms with Gasteiger partial charge in [-0.3, -0.25) is 19.7 Å². The zero-order chi connectivity index (χ0) is 19.3. The van der Waals surface area contributed by atoms with E-state index in [9.17, 15) is 22.8 Å². The number of nitrogens with zero attached hydrogens (tertiary/aromatic N) is 1. The van der Waals surface area contributed by atoms with Gasteiger partial charge in [0.1, 0.15) is 0 Å². The van der Waals surface area contributed by atoms with Crippen LogP contribution >= 0.6 is 0 Å². The normalized spacial score (nSPS) is 27.0. The third kappa shape index (κ3) is 2.10. The minimum absolute atomic E-state index is 0.0642. The maximum absolute atomic E-state index is 13.3. The Balaban J connectivity index is 2.42. The van der Waals surface area contributed by atoms with Crippen LogP contribution in [0.3, 0.4) is 0 Å². The number of benzene rings is 1. The van der Waals surface area contributed by atoms with E-state index in [0.717, 1.165) is 11.4 Å². The Morgan fingerprint density at radius 3 is 2.46 bits per heavy atom. The van der Waals surface area contributed by atoms with Crippen molar-refractivity contribution < 1.29 is 27.5 Å². The van der Waals surface area contributed by atoms with Crippen LogP contribution in [0.4, 0.5) is 0 Å². The van der Waals surface area contributed by atoms with Crippen LogP contribution in [-0.4, -0.2) is 43.7 Å². The molecule has 9 heteroatoms. The lowest BCUT2D eigenvalue weighted by atomic mass is 9.78. The third-order valence-electron chi connectivity index (χ3n) is 5.16. The van der Waals surface area contributed by atoms with Gasteiger partial charge in [0.25, 0.3) is 5.91 Å². The minimum Gasteiger partial charge on any atom is -0.468 e. The minimum atomic E-state index is -4.08. The molecule has 0 aromatic heterocycles. The molecule has 1 saturated heterocycles. The fourth-order valence-corrected chi connectivity index (χ4v) is 6.35. The van der Waals surface area contributed by atoms with Gasteiger partial charge in [0.2, 0.25) is 15.9 Å². The monoisotopic (exact) mass is 380 g/mol. The van der Waals surface area contributed by atoms with E-state index < -0.39 is 45.3 Å². The summed E-state index contributed by atoms with van der Waals surface area (Å²) in [6, 6.07) is 5.43. The van der Waals surface area contributed by atoms with E-state index in [-0.39, 0.29) is 10.5 Å². The summed E-state index contributed by atoms with van der Waals surface area (Å²) in [6.07, 6.45) is 0.835. The van der Waals surface area contributed by atoms with Gasteiger partial charge in [0.15, 0.2) is 11.5 Å². The highest BCUT2D eigenvalue weighted by Crippen LogP contribution is 2.53. The number of esters is 1. The smallest absolute Gasteiger partial charge is 0.321 e. The van der Waals surface area contributed by atoms with E-state index >= 15 is 0 Å². The number of nitrogens with one attached hydrogen (secondary N) is 1. The lowest BCUT2D eigenvalue weighted by molar-refractivity contribution is -0.155. The number of carbonyl (C=O) groups is 3. The Morgan fingerprint density at radius 1 is 1.27 bits per heavy atom. The van der Waals surface area contributed by atoms with Crippen molar-refractivity contribution in [2.45, 2.75) is 43.2 Å². The molecule has 1 aromatic rings. The van der Waals surface area contributed by atoms with E-state index in [0.29, 0.717) is 12.8 Å². The van der Waals surface area contributed by atoms with E-state index in [4.69, 9.17) is 4.74 Å². The van der Waals surface area contributed by atoms with Gasteiger partial charge in [-0.1, -0.05) is 32.0 Å². The van der Waals surface area contributed by atoms with Crippen molar-refractivity contribution in [3.8, 4) is 0 Å². The van der Waals surface area contributed by atoms with Crippen molar-refractivity contribution in [2.75, 3.05) is 7.11 Å². The lowest BCUT2D eigenvalue weighted by Crippen LogP contribution is -2.58. The van der Waals surface area contributed by atoms with Crippen molar-refractivity contribution in [1.29, 1.82) is 0 Å². The Hall–Kier alpha value is -2.26. The summed E-state index contributed by atoms with van der Waals surface area (Å²) in [6.45, 7) is 3.59. The number of amides is 2. The topological polar surface area (TPSA) is 110 Å². The van der Waals surface area contributed by atoms with Crippen molar-refractivity contribution in [3.05, 3.63) is 29.8 Å². The van der Waals surface area contributed by atoms with Crippen molar-refractivity contribution in [1.82, 2.24) is 9.62 Å². The van der Waals surface area contributed by atoms with Gasteiger partial charge in [-0.05, 0) is 18.9 Å². The molecular formula is C17H20N2O6S. The number of hydrogen-bond donors (Lipinski definition) is 1. The van der Waals surface area contributed by atoms with Crippen LogP contribution in [0, 0.1) is 5.92 Å². The standard InChI is InChI=1S/C17H20N2O6S/c1-4-10(5-2)19-17(11-8-6-7-9-12(11)26(19,23)24)13(15(21)25-3)14(20)18-16(17)22/h6-10,13H,4-5H2,1-3H3,(H,18,20,22). The number of hydrogen-bond acceptors (Lipinski definition) is 6. The molecule has 1 fully saturated rings. The van der Waals surface area contributed by atoms with Crippen LogP contribution in [0.15, 0.2) is 29.2 Å². The molecule has 26 heavy (non-hydrogen) atoms. The second-order valence-electron chi connectivity index (χ2n) is 6.31. The first-order chi connectivity index (χ1) is 12.3. The predicted octanol–water partition coefficient (Wildman–Crippen LogP) is 0.520. The quantitative estimate of drug-likeness (QED) is 0.463. The third-order valence-corrected chi connectivity index (χ3v) is 7.17. The van der Waals surface area contributed by atoms with E-state index in [1.165, 1.54) is 12.1 Å². The maximum atomic E-state index is 13.3. The van der Waals surface area contributed by atoms with Gasteiger partial charge >= 0.3 is 5.97 Å². The predicted molar refractivity (Wildman–Crippen MR) is 90.2 cm³/mol. The summed E-state index contributed by atoms with van der Waals surface area (Å²) in [4.78, 5) is 37.8. The average molecular weight is 380 g/mol. The van der Waals surface area contributed by atoms with Gasteiger partial charge in [-0.2, -0.15) is 4.31 Å². The highest BCUT2D eigenvalue weighted by atomic mass is 32.2. The molecule has 2 aliphatic heterocycles. The zero-order valence-electron chi connectivity index (χ0n) is 14.7. The summed E-state index contributed by atoms with van der Waals surface area (Å²) < 4.78 is 32.4. The lowest BCUT2D eigenvalue weighted by Gasteiger charge is -2.38. The van der Waals surface area contributed by atoms with Crippen LogP contribution in [0.5, 0.6) is 0 Å². The van der Waals surface area contributed by atoms with Gasteiger partial charge in [-0.15, -0.1) is 0 Å². The van der Waals surface area contributed by atoms with Crippen LogP contribution in [-0.2, 0) is 34.7 Å². The summed E-state index contributed by atoms with van der Waals surface area (Å²) >= 11 is 0. The van der Waals surface area contributed by atoms with Gasteiger partial charge in [0, 0.05) is 11.6 Å². The molecule has 2 atom stereocenters. The molecule has 2 unspecified atom stereocenters. The summed E-state index contributed by atoms with van der Waals surface area (Å²) in [5, 5.41) is 2.14. The van der Waals surface area contributed by atoms with Gasteiger partial charge in [0.05, 0.1) is 12.0 Å². The number of rotatable bonds is 4. The van der Waals surface area contributed by atoms with Crippen molar-refractivity contribution in [3.63, 3.8) is 0 Å². The molecule has 0 bridgehead atoms. The van der Waals surface area contributed by atoms with Crippen molar-refractivity contribution in [2.24, 2.45) is 5.92 Å².